The molecule has 19 nitrogen and oxygen atoms in total. The fourth-order valence-corrected chi connectivity index (χ4v) is 4.64. The largest absolute Gasteiger partial charge is 0.510 e. The highest BCUT2D eigenvalue weighted by Crippen LogP contribution is 2.53. The second-order valence-corrected chi connectivity index (χ2v) is 11.5. The summed E-state index contributed by atoms with van der Waals surface area (Å²) in [4.78, 5) is 35.4. The van der Waals surface area contributed by atoms with Crippen LogP contribution in [0, 0.1) is 0 Å². The van der Waals surface area contributed by atoms with Gasteiger partial charge < -0.3 is 44.4 Å². The summed E-state index contributed by atoms with van der Waals surface area (Å²) < 4.78 is 74.7. The Morgan fingerprint density at radius 3 is 2.20 bits per heavy atom. The van der Waals surface area contributed by atoms with E-state index in [4.69, 9.17) is 38.3 Å². The first-order chi connectivity index (χ1) is 20.5. The Kier molecular flexibility index (Phi) is 11.3. The lowest BCUT2D eigenvalue weighted by molar-refractivity contribution is -0.205. The Morgan fingerprint density at radius 2 is 1.68 bits per heavy atom. The molecule has 4 N–H and O–H groups in total. The molecule has 0 bridgehead atoms. The minimum Gasteiger partial charge on any atom is -0.476 e. The number of aliphatic hydroxyl groups is 2. The Bertz CT molecular complexity index is 1330. The predicted molar refractivity (Wildman–Crippen MR) is 142 cm³/mol. The number of imidazole rings is 1. The monoisotopic (exact) mass is 655 g/mol. The smallest absolute Gasteiger partial charge is 0.476 e. The molecule has 0 saturated carbocycles. The number of phosphoric ester groups is 1. The molecule has 248 valence electrons. The Labute approximate surface area is 250 Å². The highest BCUT2D eigenvalue weighted by atomic mass is 31.2. The van der Waals surface area contributed by atoms with Gasteiger partial charge in [-0.05, 0) is 41.5 Å². The van der Waals surface area contributed by atoms with E-state index in [-0.39, 0.29) is 29.6 Å². The molecule has 0 radical (unpaired) electrons. The molecule has 3 heterocycles. The Morgan fingerprint density at radius 1 is 1.11 bits per heavy atom. The number of nitrogens with zero attached hydrogens (tertiary/aromatic N) is 4. The molecular weight excluding hydrogens is 620 g/mol. The van der Waals surface area contributed by atoms with Crippen molar-refractivity contribution in [2.45, 2.75) is 77.5 Å². The summed E-state index contributed by atoms with van der Waals surface area (Å²) in [5.41, 5.74) is 3.45. The van der Waals surface area contributed by atoms with Crippen molar-refractivity contribution in [3.05, 3.63) is 6.33 Å². The topological polar surface area (TPSA) is 244 Å². The first-order valence-electron chi connectivity index (χ1n) is 13.1. The van der Waals surface area contributed by atoms with E-state index in [0.717, 1.165) is 17.8 Å². The number of carbonyl (C=O) groups excluding carboxylic acids is 2. The molecule has 1 fully saturated rings. The lowest BCUT2D eigenvalue weighted by Crippen LogP contribution is -2.49. The molecule has 3 rings (SSSR count). The van der Waals surface area contributed by atoms with Crippen LogP contribution in [-0.2, 0) is 41.8 Å². The van der Waals surface area contributed by atoms with Crippen LogP contribution >= 0.6 is 7.82 Å². The van der Waals surface area contributed by atoms with Crippen molar-refractivity contribution in [3.63, 3.8) is 0 Å². The van der Waals surface area contributed by atoms with Crippen LogP contribution in [0.2, 0.25) is 0 Å². The zero-order valence-electron chi connectivity index (χ0n) is 24.7. The second-order valence-electron chi connectivity index (χ2n) is 9.87. The molecule has 0 spiro atoms. The maximum Gasteiger partial charge on any atom is 0.510 e. The quantitative estimate of drug-likeness (QED) is 0.150. The van der Waals surface area contributed by atoms with Crippen LogP contribution in [0.1, 0.15) is 47.8 Å². The van der Waals surface area contributed by atoms with E-state index in [2.05, 4.69) is 24.4 Å². The number of anilines is 1. The lowest BCUT2D eigenvalue weighted by Gasteiger charge is -2.28. The van der Waals surface area contributed by atoms with Crippen LogP contribution in [0.15, 0.2) is 6.33 Å². The highest BCUT2D eigenvalue weighted by molar-refractivity contribution is 7.48. The van der Waals surface area contributed by atoms with Gasteiger partial charge in [0.05, 0.1) is 25.1 Å². The van der Waals surface area contributed by atoms with E-state index < -0.39 is 76.3 Å². The third-order valence-corrected chi connectivity index (χ3v) is 6.86. The summed E-state index contributed by atoms with van der Waals surface area (Å²) in [6, 6.07) is 0. The summed E-state index contributed by atoms with van der Waals surface area (Å²) >= 11 is 0. The first-order valence-corrected chi connectivity index (χ1v) is 14.6. The molecule has 2 aromatic rings. The van der Waals surface area contributed by atoms with E-state index in [1.54, 1.807) is 6.92 Å². The zero-order valence-corrected chi connectivity index (χ0v) is 25.6. The molecule has 0 amide bonds. The normalized spacial score (nSPS) is 23.7. The fraction of sp³-hybridized carbons (Fsp3) is 0.696. The Balaban J connectivity index is 1.80. The van der Waals surface area contributed by atoms with Crippen molar-refractivity contribution in [3.8, 4) is 5.88 Å². The second kappa shape index (κ2) is 14.1. The number of nitrogen functional groups attached to an aromatic ring is 1. The van der Waals surface area contributed by atoms with Crippen LogP contribution in [0.5, 0.6) is 5.88 Å². The maximum absolute atomic E-state index is 16.1. The van der Waals surface area contributed by atoms with Gasteiger partial charge in [-0.1, -0.05) is 0 Å². The number of hydrogen-bond donors (Lipinski definition) is 3. The molecule has 44 heavy (non-hydrogen) atoms. The molecule has 4 atom stereocenters. The molecule has 21 heteroatoms. The van der Waals surface area contributed by atoms with Gasteiger partial charge in [-0.3, -0.25) is 9.09 Å². The number of nitrogens with two attached hydrogens (primary N) is 1. The number of hydrogen-bond acceptors (Lipinski definition) is 18. The van der Waals surface area contributed by atoms with Crippen molar-refractivity contribution < 1.29 is 70.8 Å². The summed E-state index contributed by atoms with van der Waals surface area (Å²) in [5, 5.41) is 21.9. The maximum atomic E-state index is 16.1. The van der Waals surface area contributed by atoms with Gasteiger partial charge >= 0.3 is 20.1 Å². The fourth-order valence-electron chi connectivity index (χ4n) is 3.72. The van der Waals surface area contributed by atoms with Crippen molar-refractivity contribution in [1.29, 1.82) is 0 Å². The predicted octanol–water partition coefficient (Wildman–Crippen LogP) is 2.31. The number of aromatic nitrogens is 4. The third-order valence-electron chi connectivity index (χ3n) is 5.57. The molecule has 1 unspecified atom stereocenters. The molecule has 0 aromatic carbocycles. The average molecular weight is 656 g/mol. The van der Waals surface area contributed by atoms with Crippen LogP contribution in [-0.4, -0.2) is 98.6 Å². The van der Waals surface area contributed by atoms with Gasteiger partial charge in [0.2, 0.25) is 25.4 Å². The summed E-state index contributed by atoms with van der Waals surface area (Å²) in [6.07, 6.45) is -6.45. The average Bonchev–Trinajstić information content (AvgIpc) is 3.39. The minimum atomic E-state index is -4.95. The van der Waals surface area contributed by atoms with Crippen LogP contribution in [0.4, 0.5) is 19.9 Å². The van der Waals surface area contributed by atoms with E-state index in [1.807, 2.05) is 0 Å². The van der Waals surface area contributed by atoms with E-state index in [0.29, 0.717) is 0 Å². The van der Waals surface area contributed by atoms with E-state index >= 15 is 4.39 Å². The van der Waals surface area contributed by atoms with Crippen LogP contribution in [0.25, 0.3) is 11.2 Å². The molecular formula is C23H35FN5O14P. The number of ether oxygens (including phenoxy) is 6. The summed E-state index contributed by atoms with van der Waals surface area (Å²) in [5.74, 6) is -3.50. The van der Waals surface area contributed by atoms with Crippen LogP contribution < -0.4 is 10.5 Å². The van der Waals surface area contributed by atoms with Gasteiger partial charge in [0.25, 0.3) is 5.85 Å². The number of fused-ring (bicyclic) bond motifs is 1. The molecule has 0 aliphatic carbocycles. The highest BCUT2D eigenvalue weighted by Gasteiger charge is 2.64. The Hall–Kier alpha value is -3.39. The van der Waals surface area contributed by atoms with Gasteiger partial charge in [0, 0.05) is 0 Å². The van der Waals surface area contributed by atoms with Gasteiger partial charge in [0.15, 0.2) is 17.4 Å². The van der Waals surface area contributed by atoms with Gasteiger partial charge in [-0.15, -0.1) is 0 Å². The van der Waals surface area contributed by atoms with Crippen LogP contribution in [0.3, 0.4) is 0 Å². The van der Waals surface area contributed by atoms with Crippen molar-refractivity contribution in [2.24, 2.45) is 0 Å². The third kappa shape index (κ3) is 8.40. The first kappa shape index (κ1) is 35.1. The van der Waals surface area contributed by atoms with E-state index in [1.165, 1.54) is 27.7 Å². The number of rotatable bonds is 14. The summed E-state index contributed by atoms with van der Waals surface area (Å²) in [7, 11) is -4.95. The minimum absolute atomic E-state index is 0.0102. The number of phosphoric acid groups is 1. The van der Waals surface area contributed by atoms with E-state index in [9.17, 15) is 24.4 Å². The zero-order chi connectivity index (χ0) is 32.9. The van der Waals surface area contributed by atoms with Gasteiger partial charge in [-0.25, -0.2) is 32.6 Å². The summed E-state index contributed by atoms with van der Waals surface area (Å²) in [6.45, 7) is 5.56. The molecule has 1 saturated heterocycles. The number of alkyl halides is 1. The standard InChI is InChI=1S/C23H35FN5O14P/c1-7-35-16-14-15(27-19(25)28-16)29(9-26-14)18-22(6,33)17(30)23(24,43-18)8-38-44(34,39-10-36-20(31)41-12(2)3)40-11-37-21(32)42-13(4)5/h9,12-13,17-18,30,33H,7-8,10-11H2,1-6H3,(H2,25,27,28)/t17-,18?,22+,23+/m0/s1. The van der Waals surface area contributed by atoms with Crippen molar-refractivity contribution in [2.75, 3.05) is 32.5 Å². The molecule has 1 aliphatic rings. The lowest BCUT2D eigenvalue weighted by atomic mass is 9.95. The van der Waals surface area contributed by atoms with Gasteiger partial charge in [0.1, 0.15) is 18.3 Å². The number of carbonyl (C=O) groups is 2. The number of halogens is 1. The van der Waals surface area contributed by atoms with Gasteiger partial charge in [-0.2, -0.15) is 9.97 Å². The van der Waals surface area contributed by atoms with Crippen molar-refractivity contribution >= 4 is 37.2 Å². The molecule has 1 aliphatic heterocycles. The number of aliphatic hydroxyl groups excluding tert-OH is 1. The molecule has 2 aromatic heterocycles. The van der Waals surface area contributed by atoms with Crippen molar-refractivity contribution in [1.82, 2.24) is 19.5 Å². The SMILES string of the molecule is CCOc1nc(N)nc2c1ncn2C1O[C@](F)(COP(=O)(OCOC(=O)OC(C)C)OCOC(=O)OC(C)C)[C@@H](O)[C@@]1(C)O.